The lowest BCUT2D eigenvalue weighted by Gasteiger charge is -1.99. The summed E-state index contributed by atoms with van der Waals surface area (Å²) in [5.74, 6) is -0.353. The summed E-state index contributed by atoms with van der Waals surface area (Å²) in [4.78, 5) is 15.4. The molecule has 1 N–H and O–H groups in total. The molecule has 0 spiro atoms. The first-order valence-corrected chi connectivity index (χ1v) is 5.21. The number of nitrogens with one attached hydrogen (secondary N) is 1. The van der Waals surface area contributed by atoms with E-state index < -0.39 is 0 Å². The molecule has 0 aliphatic rings. The van der Waals surface area contributed by atoms with E-state index in [9.17, 15) is 4.79 Å². The molecular weight excluding hydrogens is 236 g/mol. The van der Waals surface area contributed by atoms with Crippen LogP contribution in [0.1, 0.15) is 10.5 Å². The standard InChI is InChI=1S/C8H5ClN4OS/c9-6-2-1-5(12-13-6)7(14)11-8-10-3-4-15-8/h1-4H,(H,10,11,14). The van der Waals surface area contributed by atoms with Crippen molar-refractivity contribution in [2.75, 3.05) is 5.32 Å². The van der Waals surface area contributed by atoms with E-state index in [1.165, 1.54) is 23.5 Å². The van der Waals surface area contributed by atoms with Gasteiger partial charge in [0.15, 0.2) is 16.0 Å². The molecule has 2 aromatic heterocycles. The van der Waals surface area contributed by atoms with Crippen LogP contribution in [0.25, 0.3) is 0 Å². The first-order chi connectivity index (χ1) is 7.25. The van der Waals surface area contributed by atoms with Gasteiger partial charge in [-0.1, -0.05) is 11.6 Å². The fourth-order valence-electron chi connectivity index (χ4n) is 0.883. The summed E-state index contributed by atoms with van der Waals surface area (Å²) in [6.07, 6.45) is 1.60. The summed E-state index contributed by atoms with van der Waals surface area (Å²) in [6, 6.07) is 3.00. The molecule has 15 heavy (non-hydrogen) atoms. The molecule has 0 fully saturated rings. The maximum Gasteiger partial charge on any atom is 0.277 e. The van der Waals surface area contributed by atoms with Crippen LogP contribution in [0.3, 0.4) is 0 Å². The Bertz CT molecular complexity index is 456. The van der Waals surface area contributed by atoms with Gasteiger partial charge in [0.05, 0.1) is 0 Å². The van der Waals surface area contributed by atoms with Crippen molar-refractivity contribution in [3.05, 3.63) is 34.6 Å². The number of carbonyl (C=O) groups is 1. The molecule has 0 bridgehead atoms. The van der Waals surface area contributed by atoms with Crippen LogP contribution in [0, 0.1) is 0 Å². The average Bonchev–Trinajstić information content (AvgIpc) is 2.71. The van der Waals surface area contributed by atoms with E-state index in [1.807, 2.05) is 0 Å². The normalized spacial score (nSPS) is 9.93. The molecule has 0 unspecified atom stereocenters. The van der Waals surface area contributed by atoms with Crippen LogP contribution >= 0.6 is 22.9 Å². The van der Waals surface area contributed by atoms with Crippen molar-refractivity contribution in [2.45, 2.75) is 0 Å². The molecule has 1 amide bonds. The highest BCUT2D eigenvalue weighted by atomic mass is 35.5. The Labute approximate surface area is 94.1 Å². The number of hydrogen-bond acceptors (Lipinski definition) is 5. The molecule has 0 saturated heterocycles. The molecule has 2 heterocycles. The van der Waals surface area contributed by atoms with E-state index in [4.69, 9.17) is 11.6 Å². The Balaban J connectivity index is 2.11. The van der Waals surface area contributed by atoms with Crippen LogP contribution in [-0.2, 0) is 0 Å². The van der Waals surface area contributed by atoms with E-state index in [0.29, 0.717) is 5.13 Å². The number of rotatable bonds is 2. The van der Waals surface area contributed by atoms with Gasteiger partial charge in [-0.2, -0.15) is 0 Å². The summed E-state index contributed by atoms with van der Waals surface area (Å²) in [5.41, 5.74) is 0.203. The molecule has 5 nitrogen and oxygen atoms in total. The van der Waals surface area contributed by atoms with Gasteiger partial charge in [0.2, 0.25) is 0 Å². The largest absolute Gasteiger partial charge is 0.296 e. The topological polar surface area (TPSA) is 67.8 Å². The number of hydrogen-bond donors (Lipinski definition) is 1. The van der Waals surface area contributed by atoms with E-state index in [2.05, 4.69) is 20.5 Å². The van der Waals surface area contributed by atoms with Crippen LogP contribution in [0.4, 0.5) is 5.13 Å². The number of amides is 1. The zero-order valence-corrected chi connectivity index (χ0v) is 8.92. The molecule has 0 atom stereocenters. The fraction of sp³-hybridized carbons (Fsp3) is 0. The van der Waals surface area contributed by atoms with Gasteiger partial charge in [0, 0.05) is 11.6 Å². The van der Waals surface area contributed by atoms with Crippen LogP contribution < -0.4 is 5.32 Å². The van der Waals surface area contributed by atoms with Crippen molar-refractivity contribution >= 4 is 34.0 Å². The Morgan fingerprint density at radius 1 is 1.40 bits per heavy atom. The van der Waals surface area contributed by atoms with Crippen LogP contribution in [-0.4, -0.2) is 21.1 Å². The van der Waals surface area contributed by atoms with Crippen LogP contribution in [0.5, 0.6) is 0 Å². The number of halogens is 1. The molecule has 0 radical (unpaired) electrons. The maximum atomic E-state index is 11.5. The lowest BCUT2D eigenvalue weighted by molar-refractivity contribution is 0.102. The third-order valence-corrected chi connectivity index (χ3v) is 2.41. The van der Waals surface area contributed by atoms with Gasteiger partial charge < -0.3 is 0 Å². The van der Waals surface area contributed by atoms with E-state index in [-0.39, 0.29) is 16.8 Å². The van der Waals surface area contributed by atoms with Gasteiger partial charge in [-0.05, 0) is 12.1 Å². The highest BCUT2D eigenvalue weighted by molar-refractivity contribution is 7.13. The summed E-state index contributed by atoms with van der Waals surface area (Å²) in [7, 11) is 0. The first-order valence-electron chi connectivity index (χ1n) is 3.96. The summed E-state index contributed by atoms with van der Waals surface area (Å²) < 4.78 is 0. The zero-order chi connectivity index (χ0) is 10.7. The monoisotopic (exact) mass is 240 g/mol. The molecule has 0 aliphatic carbocycles. The summed E-state index contributed by atoms with van der Waals surface area (Å²) >= 11 is 6.88. The average molecular weight is 241 g/mol. The lowest BCUT2D eigenvalue weighted by Crippen LogP contribution is -2.13. The number of anilines is 1. The molecule has 2 rings (SSSR count). The van der Waals surface area contributed by atoms with E-state index in [0.717, 1.165) is 0 Å². The minimum absolute atomic E-state index is 0.203. The van der Waals surface area contributed by atoms with Crippen LogP contribution in [0.15, 0.2) is 23.7 Å². The predicted octanol–water partition coefficient (Wildman–Crippen LogP) is 1.84. The van der Waals surface area contributed by atoms with Gasteiger partial charge in [0.25, 0.3) is 5.91 Å². The van der Waals surface area contributed by atoms with E-state index >= 15 is 0 Å². The van der Waals surface area contributed by atoms with E-state index in [1.54, 1.807) is 11.6 Å². The van der Waals surface area contributed by atoms with Crippen molar-refractivity contribution in [2.24, 2.45) is 0 Å². The third-order valence-electron chi connectivity index (χ3n) is 1.52. The molecule has 76 valence electrons. The van der Waals surface area contributed by atoms with Gasteiger partial charge in [-0.15, -0.1) is 21.5 Å². The molecule has 0 saturated carbocycles. The van der Waals surface area contributed by atoms with Gasteiger partial charge in [-0.3, -0.25) is 10.1 Å². The maximum absolute atomic E-state index is 11.5. The first kappa shape index (κ1) is 10.0. The van der Waals surface area contributed by atoms with Crippen molar-refractivity contribution in [3.8, 4) is 0 Å². The molecule has 2 aromatic rings. The molecule has 0 aromatic carbocycles. The van der Waals surface area contributed by atoms with Gasteiger partial charge in [-0.25, -0.2) is 4.98 Å². The summed E-state index contributed by atoms with van der Waals surface area (Å²) in [6.45, 7) is 0. The SMILES string of the molecule is O=C(Nc1nccs1)c1ccc(Cl)nn1. The lowest BCUT2D eigenvalue weighted by atomic mass is 10.4. The predicted molar refractivity (Wildman–Crippen MR) is 57.1 cm³/mol. The quantitative estimate of drug-likeness (QED) is 0.870. The summed E-state index contributed by atoms with van der Waals surface area (Å²) in [5, 5.41) is 12.3. The van der Waals surface area contributed by atoms with Gasteiger partial charge in [0.1, 0.15) is 0 Å². The number of aromatic nitrogens is 3. The number of carbonyl (C=O) groups excluding carboxylic acids is 1. The smallest absolute Gasteiger partial charge is 0.277 e. The Morgan fingerprint density at radius 2 is 2.27 bits per heavy atom. The minimum atomic E-state index is -0.353. The number of nitrogens with zero attached hydrogens (tertiary/aromatic N) is 3. The van der Waals surface area contributed by atoms with Crippen molar-refractivity contribution in [1.82, 2.24) is 15.2 Å². The van der Waals surface area contributed by atoms with Crippen molar-refractivity contribution in [3.63, 3.8) is 0 Å². The fourth-order valence-corrected chi connectivity index (χ4v) is 1.51. The molecule has 0 aliphatic heterocycles. The Kier molecular flexibility index (Phi) is 2.89. The number of thiazole rings is 1. The Morgan fingerprint density at radius 3 is 2.87 bits per heavy atom. The second kappa shape index (κ2) is 4.33. The minimum Gasteiger partial charge on any atom is -0.296 e. The van der Waals surface area contributed by atoms with Crippen molar-refractivity contribution in [1.29, 1.82) is 0 Å². The second-order valence-corrected chi connectivity index (χ2v) is 3.81. The highest BCUT2D eigenvalue weighted by Gasteiger charge is 2.09. The zero-order valence-electron chi connectivity index (χ0n) is 7.35. The van der Waals surface area contributed by atoms with Crippen molar-refractivity contribution < 1.29 is 4.79 Å². The highest BCUT2D eigenvalue weighted by Crippen LogP contribution is 2.11. The third kappa shape index (κ3) is 2.48. The second-order valence-electron chi connectivity index (χ2n) is 2.53. The molecular formula is C8H5ClN4OS. The molecule has 7 heteroatoms. The van der Waals surface area contributed by atoms with Crippen LogP contribution in [0.2, 0.25) is 5.15 Å². The van der Waals surface area contributed by atoms with Gasteiger partial charge >= 0.3 is 0 Å². The Hall–Kier alpha value is -1.53.